The number of allylic oxidation sites excluding steroid dienone is 1. The van der Waals surface area contributed by atoms with E-state index in [1.54, 1.807) is 0 Å². The van der Waals surface area contributed by atoms with Gasteiger partial charge in [0.25, 0.3) is 0 Å². The van der Waals surface area contributed by atoms with E-state index in [0.717, 1.165) is 6.61 Å². The van der Waals surface area contributed by atoms with Crippen LogP contribution in [0.1, 0.15) is 90.9 Å². The van der Waals surface area contributed by atoms with Crippen molar-refractivity contribution in [1.82, 2.24) is 0 Å². The van der Waals surface area contributed by atoms with Crippen LogP contribution < -0.4 is 0 Å². The van der Waals surface area contributed by atoms with Crippen molar-refractivity contribution in [2.24, 2.45) is 0 Å². The standard InChI is InChI=1S/C18H34O/c1-3-4-5-6-7-8-9-10-11-12-16-19-18-15-13-14-17(18)2/h14,18H,3-13,15-16H2,1-2H3/t18-/m1/s1. The lowest BCUT2D eigenvalue weighted by Gasteiger charge is -2.13. The minimum absolute atomic E-state index is 0.443. The third kappa shape index (κ3) is 8.47. The summed E-state index contributed by atoms with van der Waals surface area (Å²) in [6, 6.07) is 0. The molecule has 0 fully saturated rings. The molecule has 0 unspecified atom stereocenters. The average molecular weight is 266 g/mol. The Kier molecular flexibility index (Phi) is 10.2. The van der Waals surface area contributed by atoms with E-state index in [-0.39, 0.29) is 0 Å². The van der Waals surface area contributed by atoms with Crippen LogP contribution in [0, 0.1) is 0 Å². The van der Waals surface area contributed by atoms with E-state index >= 15 is 0 Å². The van der Waals surface area contributed by atoms with E-state index in [1.807, 2.05) is 0 Å². The van der Waals surface area contributed by atoms with Crippen LogP contribution in [0.5, 0.6) is 0 Å². The largest absolute Gasteiger partial charge is 0.374 e. The smallest absolute Gasteiger partial charge is 0.0785 e. The fraction of sp³-hybridized carbons (Fsp3) is 0.889. The fourth-order valence-corrected chi connectivity index (χ4v) is 2.85. The molecule has 1 atom stereocenters. The maximum Gasteiger partial charge on any atom is 0.0785 e. The molecular weight excluding hydrogens is 232 g/mol. The second-order valence-electron chi connectivity index (χ2n) is 6.07. The SMILES string of the molecule is CCCCCCCCCCCCO[C@@H]1CCC=C1C. The van der Waals surface area contributed by atoms with Gasteiger partial charge in [-0.15, -0.1) is 0 Å². The van der Waals surface area contributed by atoms with E-state index in [9.17, 15) is 0 Å². The van der Waals surface area contributed by atoms with Crippen molar-refractivity contribution in [1.29, 1.82) is 0 Å². The number of ether oxygens (including phenoxy) is 1. The Balaban J connectivity index is 1.75. The molecule has 0 heterocycles. The van der Waals surface area contributed by atoms with Gasteiger partial charge in [0.1, 0.15) is 0 Å². The molecule has 0 aromatic rings. The van der Waals surface area contributed by atoms with Crippen LogP contribution in [0.3, 0.4) is 0 Å². The summed E-state index contributed by atoms with van der Waals surface area (Å²) in [5.41, 5.74) is 1.45. The van der Waals surface area contributed by atoms with Gasteiger partial charge >= 0.3 is 0 Å². The number of hydrogen-bond acceptors (Lipinski definition) is 1. The zero-order chi connectivity index (χ0) is 13.8. The fourth-order valence-electron chi connectivity index (χ4n) is 2.85. The van der Waals surface area contributed by atoms with Crippen molar-refractivity contribution in [3.63, 3.8) is 0 Å². The average Bonchev–Trinajstić information content (AvgIpc) is 2.82. The first-order valence-corrected chi connectivity index (χ1v) is 8.63. The van der Waals surface area contributed by atoms with E-state index in [2.05, 4.69) is 19.9 Å². The molecule has 112 valence electrons. The lowest BCUT2D eigenvalue weighted by molar-refractivity contribution is 0.0750. The molecule has 0 saturated heterocycles. The van der Waals surface area contributed by atoms with Crippen LogP contribution in [-0.2, 0) is 4.74 Å². The molecule has 1 aliphatic carbocycles. The summed E-state index contributed by atoms with van der Waals surface area (Å²) >= 11 is 0. The monoisotopic (exact) mass is 266 g/mol. The van der Waals surface area contributed by atoms with Crippen molar-refractivity contribution in [2.45, 2.75) is 97.0 Å². The third-order valence-electron chi connectivity index (χ3n) is 4.22. The van der Waals surface area contributed by atoms with Gasteiger partial charge in [0.2, 0.25) is 0 Å². The first-order valence-electron chi connectivity index (χ1n) is 8.63. The van der Waals surface area contributed by atoms with Crippen LogP contribution in [0.25, 0.3) is 0 Å². The summed E-state index contributed by atoms with van der Waals surface area (Å²) in [5, 5.41) is 0. The van der Waals surface area contributed by atoms with Crippen molar-refractivity contribution in [3.8, 4) is 0 Å². The highest BCUT2D eigenvalue weighted by molar-refractivity contribution is 5.11. The lowest BCUT2D eigenvalue weighted by atomic mass is 10.1. The zero-order valence-electron chi connectivity index (χ0n) is 13.3. The van der Waals surface area contributed by atoms with E-state index in [4.69, 9.17) is 4.74 Å². The Morgan fingerprint density at radius 2 is 1.53 bits per heavy atom. The Hall–Kier alpha value is -0.300. The quantitative estimate of drug-likeness (QED) is 0.309. The van der Waals surface area contributed by atoms with Gasteiger partial charge in [-0.25, -0.2) is 0 Å². The molecule has 1 heteroatoms. The molecule has 0 aromatic carbocycles. The summed E-state index contributed by atoms with van der Waals surface area (Å²) in [5.74, 6) is 0. The molecule has 0 saturated carbocycles. The predicted molar refractivity (Wildman–Crippen MR) is 84.6 cm³/mol. The zero-order valence-corrected chi connectivity index (χ0v) is 13.3. The highest BCUT2D eigenvalue weighted by Crippen LogP contribution is 2.21. The Bertz CT molecular complexity index is 232. The summed E-state index contributed by atoms with van der Waals surface area (Å²) in [7, 11) is 0. The van der Waals surface area contributed by atoms with E-state index in [0.29, 0.717) is 6.10 Å². The second-order valence-corrected chi connectivity index (χ2v) is 6.07. The molecule has 0 radical (unpaired) electrons. The summed E-state index contributed by atoms with van der Waals surface area (Å²) < 4.78 is 5.92. The van der Waals surface area contributed by atoms with Crippen LogP contribution in [0.2, 0.25) is 0 Å². The molecule has 1 aliphatic rings. The predicted octanol–water partition coefficient (Wildman–Crippen LogP) is 6.03. The van der Waals surface area contributed by atoms with Gasteiger partial charge in [-0.05, 0) is 31.8 Å². The summed E-state index contributed by atoms with van der Waals surface area (Å²) in [6.45, 7) is 5.45. The molecule has 0 spiro atoms. The Morgan fingerprint density at radius 1 is 0.947 bits per heavy atom. The second kappa shape index (κ2) is 11.5. The first kappa shape index (κ1) is 16.8. The maximum atomic E-state index is 5.92. The molecule has 1 nitrogen and oxygen atoms in total. The van der Waals surface area contributed by atoms with Gasteiger partial charge in [0.05, 0.1) is 6.10 Å². The minimum Gasteiger partial charge on any atom is -0.374 e. The molecule has 0 aromatic heterocycles. The topological polar surface area (TPSA) is 9.23 Å². The van der Waals surface area contributed by atoms with Crippen LogP contribution in [0.4, 0.5) is 0 Å². The molecule has 0 aliphatic heterocycles. The third-order valence-corrected chi connectivity index (χ3v) is 4.22. The van der Waals surface area contributed by atoms with E-state index in [1.165, 1.54) is 82.6 Å². The summed E-state index contributed by atoms with van der Waals surface area (Å²) in [6.07, 6.45) is 19.2. The Morgan fingerprint density at radius 3 is 2.05 bits per heavy atom. The van der Waals surface area contributed by atoms with Gasteiger partial charge in [-0.2, -0.15) is 0 Å². The number of hydrogen-bond donors (Lipinski definition) is 0. The van der Waals surface area contributed by atoms with Gasteiger partial charge < -0.3 is 4.74 Å². The van der Waals surface area contributed by atoms with Crippen LogP contribution >= 0.6 is 0 Å². The first-order chi connectivity index (χ1) is 9.34. The normalized spacial score (nSPS) is 18.8. The molecule has 0 amide bonds. The lowest BCUT2D eigenvalue weighted by Crippen LogP contribution is -2.11. The number of unbranched alkanes of at least 4 members (excludes halogenated alkanes) is 9. The van der Waals surface area contributed by atoms with Crippen molar-refractivity contribution >= 4 is 0 Å². The number of rotatable bonds is 12. The van der Waals surface area contributed by atoms with Crippen LogP contribution in [0.15, 0.2) is 11.6 Å². The van der Waals surface area contributed by atoms with Gasteiger partial charge in [-0.1, -0.05) is 70.8 Å². The summed E-state index contributed by atoms with van der Waals surface area (Å²) in [4.78, 5) is 0. The van der Waals surface area contributed by atoms with Gasteiger partial charge in [0, 0.05) is 6.61 Å². The van der Waals surface area contributed by atoms with Gasteiger partial charge in [-0.3, -0.25) is 0 Å². The van der Waals surface area contributed by atoms with Crippen molar-refractivity contribution in [2.75, 3.05) is 6.61 Å². The highest BCUT2D eigenvalue weighted by Gasteiger charge is 2.15. The van der Waals surface area contributed by atoms with Gasteiger partial charge in [0.15, 0.2) is 0 Å². The van der Waals surface area contributed by atoms with Crippen LogP contribution in [-0.4, -0.2) is 12.7 Å². The maximum absolute atomic E-state index is 5.92. The molecule has 19 heavy (non-hydrogen) atoms. The molecule has 0 N–H and O–H groups in total. The van der Waals surface area contributed by atoms with Crippen molar-refractivity contribution in [3.05, 3.63) is 11.6 Å². The van der Waals surface area contributed by atoms with E-state index < -0.39 is 0 Å². The van der Waals surface area contributed by atoms with Crippen molar-refractivity contribution < 1.29 is 4.74 Å². The Labute approximate surface area is 120 Å². The molecular formula is C18H34O. The molecule has 1 rings (SSSR count). The minimum atomic E-state index is 0.443. The molecule has 0 bridgehead atoms. The highest BCUT2D eigenvalue weighted by atomic mass is 16.5.